The summed E-state index contributed by atoms with van der Waals surface area (Å²) in [7, 11) is 2.27. The maximum atomic E-state index is 2.80. The summed E-state index contributed by atoms with van der Waals surface area (Å²) >= 11 is 0. The third kappa shape index (κ3) is 3.71. The fourth-order valence-corrected chi connectivity index (χ4v) is 4.22. The van der Waals surface area contributed by atoms with Gasteiger partial charge in [0.05, 0.1) is 0 Å². The fraction of sp³-hybridized carbons (Fsp3) is 1.00. The van der Waals surface area contributed by atoms with Gasteiger partial charge >= 0.3 is 0 Å². The van der Waals surface area contributed by atoms with Crippen molar-refractivity contribution in [2.75, 3.05) is 52.9 Å². The van der Waals surface area contributed by atoms with E-state index in [0.717, 1.165) is 12.0 Å². The Labute approximate surface area is 118 Å². The molecular formula is C16H31N3. The molecule has 0 bridgehead atoms. The summed E-state index contributed by atoms with van der Waals surface area (Å²) in [5.41, 5.74) is 0. The van der Waals surface area contributed by atoms with Gasteiger partial charge in [0.25, 0.3) is 0 Å². The molecule has 3 heterocycles. The van der Waals surface area contributed by atoms with E-state index in [2.05, 4.69) is 21.7 Å². The molecule has 1 atom stereocenters. The Balaban J connectivity index is 1.50. The number of hydrogen-bond acceptors (Lipinski definition) is 3. The van der Waals surface area contributed by atoms with Crippen LogP contribution in [0.4, 0.5) is 0 Å². The van der Waals surface area contributed by atoms with Crippen LogP contribution >= 0.6 is 0 Å². The highest BCUT2D eigenvalue weighted by atomic mass is 15.2. The monoisotopic (exact) mass is 265 g/mol. The number of fused-ring (bicyclic) bond motifs is 1. The molecule has 110 valence electrons. The topological polar surface area (TPSA) is 9.72 Å². The fourth-order valence-electron chi connectivity index (χ4n) is 4.22. The summed E-state index contributed by atoms with van der Waals surface area (Å²) in [6.45, 7) is 9.42. The lowest BCUT2D eigenvalue weighted by Gasteiger charge is -2.37. The molecule has 0 amide bonds. The van der Waals surface area contributed by atoms with Crippen molar-refractivity contribution in [3.05, 3.63) is 0 Å². The quantitative estimate of drug-likeness (QED) is 0.755. The number of hydrogen-bond donors (Lipinski definition) is 0. The van der Waals surface area contributed by atoms with Gasteiger partial charge in [0, 0.05) is 19.1 Å². The van der Waals surface area contributed by atoms with E-state index in [1.165, 1.54) is 84.3 Å². The average Bonchev–Trinajstić information content (AvgIpc) is 2.63. The van der Waals surface area contributed by atoms with Gasteiger partial charge in [-0.3, -0.25) is 4.90 Å². The maximum absolute atomic E-state index is 2.80. The lowest BCUT2D eigenvalue weighted by atomic mass is 9.96. The molecule has 1 unspecified atom stereocenters. The second kappa shape index (κ2) is 6.55. The normalized spacial score (nSPS) is 33.0. The number of nitrogens with zero attached hydrogens (tertiary/aromatic N) is 3. The maximum Gasteiger partial charge on any atom is 0.0223 e. The van der Waals surface area contributed by atoms with Crippen LogP contribution in [0.2, 0.25) is 0 Å². The van der Waals surface area contributed by atoms with Crippen molar-refractivity contribution in [1.29, 1.82) is 0 Å². The average molecular weight is 265 g/mol. The first-order chi connectivity index (χ1) is 9.31. The van der Waals surface area contributed by atoms with E-state index in [1.54, 1.807) is 0 Å². The zero-order valence-corrected chi connectivity index (χ0v) is 12.7. The Kier molecular flexibility index (Phi) is 4.78. The number of piperidine rings is 2. The molecule has 3 fully saturated rings. The Morgan fingerprint density at radius 1 is 0.842 bits per heavy atom. The second-order valence-electron chi connectivity index (χ2n) is 7.05. The Bertz CT molecular complexity index is 273. The van der Waals surface area contributed by atoms with Crippen LogP contribution < -0.4 is 0 Å². The molecule has 3 saturated heterocycles. The van der Waals surface area contributed by atoms with Crippen molar-refractivity contribution >= 4 is 0 Å². The molecule has 0 aromatic carbocycles. The van der Waals surface area contributed by atoms with E-state index >= 15 is 0 Å². The third-order valence-electron chi connectivity index (χ3n) is 5.49. The summed E-state index contributed by atoms with van der Waals surface area (Å²) in [5, 5.41) is 0. The largest absolute Gasteiger partial charge is 0.306 e. The summed E-state index contributed by atoms with van der Waals surface area (Å²) in [6.07, 6.45) is 8.57. The van der Waals surface area contributed by atoms with Gasteiger partial charge in [0.1, 0.15) is 0 Å². The molecule has 0 aromatic heterocycles. The van der Waals surface area contributed by atoms with Crippen LogP contribution in [0.15, 0.2) is 0 Å². The zero-order chi connectivity index (χ0) is 13.1. The van der Waals surface area contributed by atoms with Crippen LogP contribution in [0.3, 0.4) is 0 Å². The van der Waals surface area contributed by atoms with Gasteiger partial charge in [-0.25, -0.2) is 0 Å². The van der Waals surface area contributed by atoms with Crippen LogP contribution in [0.1, 0.15) is 38.5 Å². The molecule has 3 rings (SSSR count). The van der Waals surface area contributed by atoms with E-state index in [9.17, 15) is 0 Å². The van der Waals surface area contributed by atoms with Crippen LogP contribution in [0.5, 0.6) is 0 Å². The minimum Gasteiger partial charge on any atom is -0.306 e. The highest BCUT2D eigenvalue weighted by Crippen LogP contribution is 2.23. The van der Waals surface area contributed by atoms with Crippen molar-refractivity contribution in [3.63, 3.8) is 0 Å². The van der Waals surface area contributed by atoms with E-state index < -0.39 is 0 Å². The molecular weight excluding hydrogens is 234 g/mol. The molecule has 3 aliphatic heterocycles. The molecule has 3 heteroatoms. The summed E-state index contributed by atoms with van der Waals surface area (Å²) < 4.78 is 0. The van der Waals surface area contributed by atoms with Crippen molar-refractivity contribution in [1.82, 2.24) is 14.7 Å². The van der Waals surface area contributed by atoms with E-state index in [4.69, 9.17) is 0 Å². The van der Waals surface area contributed by atoms with Gasteiger partial charge in [-0.15, -0.1) is 0 Å². The first kappa shape index (κ1) is 13.8. The predicted molar refractivity (Wildman–Crippen MR) is 80.5 cm³/mol. The molecule has 0 aromatic rings. The van der Waals surface area contributed by atoms with Crippen LogP contribution in [-0.2, 0) is 0 Å². The van der Waals surface area contributed by atoms with Crippen molar-refractivity contribution in [2.24, 2.45) is 5.92 Å². The Morgan fingerprint density at radius 2 is 1.63 bits per heavy atom. The second-order valence-corrected chi connectivity index (χ2v) is 7.05. The molecule has 0 saturated carbocycles. The zero-order valence-electron chi connectivity index (χ0n) is 12.7. The minimum atomic E-state index is 0.877. The predicted octanol–water partition coefficient (Wildman–Crippen LogP) is 1.89. The molecule has 0 N–H and O–H groups in total. The van der Waals surface area contributed by atoms with E-state index in [0.29, 0.717) is 0 Å². The Morgan fingerprint density at radius 3 is 2.47 bits per heavy atom. The van der Waals surface area contributed by atoms with Gasteiger partial charge in [0.15, 0.2) is 0 Å². The number of likely N-dealkylation sites (tertiary alicyclic amines) is 1. The van der Waals surface area contributed by atoms with Crippen LogP contribution in [-0.4, -0.2) is 73.6 Å². The lowest BCUT2D eigenvalue weighted by molar-refractivity contribution is 0.118. The van der Waals surface area contributed by atoms with Gasteiger partial charge in [-0.2, -0.15) is 0 Å². The standard InChI is InChI=1S/C16H31N3/c1-17-11-6-15(7-12-17)13-18-8-4-10-19-9-3-2-5-16(19)14-18/h15-16H,2-14H2,1H3. The summed E-state index contributed by atoms with van der Waals surface area (Å²) in [6, 6.07) is 0.877. The van der Waals surface area contributed by atoms with Crippen molar-refractivity contribution in [2.45, 2.75) is 44.6 Å². The van der Waals surface area contributed by atoms with Gasteiger partial charge in [-0.05, 0) is 77.8 Å². The van der Waals surface area contributed by atoms with Crippen molar-refractivity contribution < 1.29 is 0 Å². The minimum absolute atomic E-state index is 0.877. The first-order valence-corrected chi connectivity index (χ1v) is 8.46. The highest BCUT2D eigenvalue weighted by Gasteiger charge is 2.28. The van der Waals surface area contributed by atoms with E-state index in [1.807, 2.05) is 0 Å². The van der Waals surface area contributed by atoms with Gasteiger partial charge < -0.3 is 9.80 Å². The first-order valence-electron chi connectivity index (χ1n) is 8.46. The molecule has 0 spiro atoms. The smallest absolute Gasteiger partial charge is 0.0223 e. The third-order valence-corrected chi connectivity index (χ3v) is 5.49. The van der Waals surface area contributed by atoms with Crippen molar-refractivity contribution in [3.8, 4) is 0 Å². The van der Waals surface area contributed by atoms with E-state index in [-0.39, 0.29) is 0 Å². The van der Waals surface area contributed by atoms with Gasteiger partial charge in [0.2, 0.25) is 0 Å². The summed E-state index contributed by atoms with van der Waals surface area (Å²) in [5.74, 6) is 0.964. The SMILES string of the molecule is CN1CCC(CN2CCCN3CCCCC3C2)CC1. The lowest BCUT2D eigenvalue weighted by Crippen LogP contribution is -2.45. The Hall–Kier alpha value is -0.120. The van der Waals surface area contributed by atoms with Crippen LogP contribution in [0.25, 0.3) is 0 Å². The molecule has 19 heavy (non-hydrogen) atoms. The summed E-state index contributed by atoms with van der Waals surface area (Å²) in [4.78, 5) is 8.06. The molecule has 0 radical (unpaired) electrons. The molecule has 0 aliphatic carbocycles. The highest BCUT2D eigenvalue weighted by molar-refractivity contribution is 4.84. The molecule has 3 nitrogen and oxygen atoms in total. The van der Waals surface area contributed by atoms with Gasteiger partial charge in [-0.1, -0.05) is 6.42 Å². The van der Waals surface area contributed by atoms with Crippen LogP contribution in [0, 0.1) is 5.92 Å². The molecule has 3 aliphatic rings. The number of rotatable bonds is 2.